The lowest BCUT2D eigenvalue weighted by atomic mass is 9.98. The minimum Gasteiger partial charge on any atom is -0.310 e. The van der Waals surface area contributed by atoms with Crippen molar-refractivity contribution in [1.82, 2.24) is 5.32 Å². The maximum absolute atomic E-state index is 14.1. The average Bonchev–Trinajstić information content (AvgIpc) is 2.48. The van der Waals surface area contributed by atoms with Crippen LogP contribution in [-0.4, -0.2) is 6.54 Å². The number of nitrogens with one attached hydrogen (secondary N) is 1. The van der Waals surface area contributed by atoms with E-state index in [1.165, 1.54) is 12.1 Å². The Kier molecular flexibility index (Phi) is 5.07. The van der Waals surface area contributed by atoms with Crippen LogP contribution in [0.3, 0.4) is 0 Å². The van der Waals surface area contributed by atoms with E-state index in [0.29, 0.717) is 16.7 Å². The first kappa shape index (κ1) is 15.6. The molecule has 0 saturated heterocycles. The molecule has 0 amide bonds. The molecule has 0 aliphatic rings. The van der Waals surface area contributed by atoms with Crippen LogP contribution >= 0.6 is 0 Å². The largest absolute Gasteiger partial charge is 0.310 e. The van der Waals surface area contributed by atoms with Crippen LogP contribution in [0.15, 0.2) is 36.4 Å². The van der Waals surface area contributed by atoms with Gasteiger partial charge in [-0.1, -0.05) is 19.1 Å². The van der Waals surface area contributed by atoms with E-state index in [1.807, 2.05) is 6.07 Å². The van der Waals surface area contributed by atoms with Crippen molar-refractivity contribution in [3.63, 3.8) is 0 Å². The highest BCUT2D eigenvalue weighted by atomic mass is 19.1. The number of hydrogen-bond donors (Lipinski definition) is 1. The molecule has 0 fully saturated rings. The Balaban J connectivity index is 2.36. The summed E-state index contributed by atoms with van der Waals surface area (Å²) < 4.78 is 27.4. The topological polar surface area (TPSA) is 12.0 Å². The Hall–Kier alpha value is -1.74. The van der Waals surface area contributed by atoms with Gasteiger partial charge in [0, 0.05) is 11.6 Å². The third-order valence-corrected chi connectivity index (χ3v) is 3.66. The molecule has 2 rings (SSSR count). The second-order valence-electron chi connectivity index (χ2n) is 5.38. The fourth-order valence-electron chi connectivity index (χ4n) is 2.32. The normalized spacial score (nSPS) is 12.4. The molecule has 1 atom stereocenters. The van der Waals surface area contributed by atoms with Crippen LogP contribution in [0.4, 0.5) is 8.78 Å². The molecule has 2 aromatic rings. The molecular weight excluding hydrogens is 268 g/mol. The monoisotopic (exact) mass is 289 g/mol. The lowest BCUT2D eigenvalue weighted by molar-refractivity contribution is 0.568. The summed E-state index contributed by atoms with van der Waals surface area (Å²) in [6, 6.07) is 9.96. The fraction of sp³-hybridized carbons (Fsp3) is 0.333. The van der Waals surface area contributed by atoms with Crippen LogP contribution < -0.4 is 5.32 Å². The second kappa shape index (κ2) is 6.81. The molecule has 0 aliphatic heterocycles. The maximum Gasteiger partial charge on any atom is 0.131 e. The minimum atomic E-state index is -0.285. The van der Waals surface area contributed by atoms with Crippen LogP contribution in [-0.2, 0) is 0 Å². The van der Waals surface area contributed by atoms with Crippen LogP contribution in [0.1, 0.15) is 37.4 Å². The standard InChI is InChI=1S/C18H21F2N/c1-4-9-21-13(3)14-5-8-18(20)16(11-14)15-6-7-17(19)12(2)10-15/h5-8,10-11,13,21H,4,9H2,1-3H3. The van der Waals surface area contributed by atoms with E-state index in [1.54, 1.807) is 25.1 Å². The van der Waals surface area contributed by atoms with Gasteiger partial charge in [-0.3, -0.25) is 0 Å². The van der Waals surface area contributed by atoms with Crippen molar-refractivity contribution in [3.8, 4) is 11.1 Å². The molecule has 0 aromatic heterocycles. The van der Waals surface area contributed by atoms with Gasteiger partial charge >= 0.3 is 0 Å². The van der Waals surface area contributed by atoms with Gasteiger partial charge in [0.1, 0.15) is 11.6 Å². The molecule has 0 radical (unpaired) electrons. The zero-order chi connectivity index (χ0) is 15.4. The van der Waals surface area contributed by atoms with Gasteiger partial charge in [0.25, 0.3) is 0 Å². The molecule has 112 valence electrons. The summed E-state index contributed by atoms with van der Waals surface area (Å²) >= 11 is 0. The van der Waals surface area contributed by atoms with Gasteiger partial charge in [-0.15, -0.1) is 0 Å². The van der Waals surface area contributed by atoms with Gasteiger partial charge < -0.3 is 5.32 Å². The van der Waals surface area contributed by atoms with Gasteiger partial charge in [0.2, 0.25) is 0 Å². The van der Waals surface area contributed by atoms with E-state index in [2.05, 4.69) is 19.2 Å². The number of benzene rings is 2. The first-order valence-corrected chi connectivity index (χ1v) is 7.32. The second-order valence-corrected chi connectivity index (χ2v) is 5.38. The summed E-state index contributed by atoms with van der Waals surface area (Å²) in [6.07, 6.45) is 1.05. The molecule has 3 heteroatoms. The Labute approximate surface area is 125 Å². The van der Waals surface area contributed by atoms with Crippen LogP contribution in [0.2, 0.25) is 0 Å². The molecule has 0 bridgehead atoms. The van der Waals surface area contributed by atoms with Crippen molar-refractivity contribution in [1.29, 1.82) is 0 Å². The molecule has 0 spiro atoms. The van der Waals surface area contributed by atoms with Gasteiger partial charge in [0.15, 0.2) is 0 Å². The summed E-state index contributed by atoms with van der Waals surface area (Å²) in [5.74, 6) is -0.555. The van der Waals surface area contributed by atoms with Gasteiger partial charge in [-0.05, 0) is 67.8 Å². The zero-order valence-corrected chi connectivity index (χ0v) is 12.7. The van der Waals surface area contributed by atoms with Crippen molar-refractivity contribution in [2.75, 3.05) is 6.54 Å². The van der Waals surface area contributed by atoms with Crippen molar-refractivity contribution in [3.05, 3.63) is 59.2 Å². The highest BCUT2D eigenvalue weighted by molar-refractivity contribution is 5.66. The summed E-state index contributed by atoms with van der Waals surface area (Å²) in [6.45, 7) is 6.77. The fourth-order valence-corrected chi connectivity index (χ4v) is 2.32. The summed E-state index contributed by atoms with van der Waals surface area (Å²) in [5, 5.41) is 3.38. The molecule has 0 heterocycles. The predicted octanol–water partition coefficient (Wildman–Crippen LogP) is 5.00. The third-order valence-electron chi connectivity index (χ3n) is 3.66. The maximum atomic E-state index is 14.1. The molecule has 1 nitrogen and oxygen atoms in total. The first-order valence-electron chi connectivity index (χ1n) is 7.32. The van der Waals surface area contributed by atoms with Crippen molar-refractivity contribution >= 4 is 0 Å². The molecule has 0 saturated carbocycles. The Morgan fingerprint density at radius 2 is 1.76 bits per heavy atom. The van der Waals surface area contributed by atoms with Crippen molar-refractivity contribution < 1.29 is 8.78 Å². The molecule has 21 heavy (non-hydrogen) atoms. The van der Waals surface area contributed by atoms with E-state index in [-0.39, 0.29) is 17.7 Å². The van der Waals surface area contributed by atoms with Crippen molar-refractivity contribution in [2.24, 2.45) is 0 Å². The third kappa shape index (κ3) is 3.67. The van der Waals surface area contributed by atoms with Crippen LogP contribution in [0.25, 0.3) is 11.1 Å². The highest BCUT2D eigenvalue weighted by Crippen LogP contribution is 2.27. The SMILES string of the molecule is CCCNC(C)c1ccc(F)c(-c2ccc(F)c(C)c2)c1. The van der Waals surface area contributed by atoms with Crippen LogP contribution in [0, 0.1) is 18.6 Å². The summed E-state index contributed by atoms with van der Waals surface area (Å²) in [4.78, 5) is 0. The summed E-state index contributed by atoms with van der Waals surface area (Å²) in [7, 11) is 0. The smallest absolute Gasteiger partial charge is 0.131 e. The lowest BCUT2D eigenvalue weighted by Gasteiger charge is -2.15. The number of halogens is 2. The molecule has 2 aromatic carbocycles. The Bertz CT molecular complexity index is 623. The Morgan fingerprint density at radius 1 is 1.05 bits per heavy atom. The highest BCUT2D eigenvalue weighted by Gasteiger charge is 2.11. The van der Waals surface area contributed by atoms with E-state index in [0.717, 1.165) is 18.5 Å². The molecular formula is C18H21F2N. The van der Waals surface area contributed by atoms with E-state index in [9.17, 15) is 8.78 Å². The summed E-state index contributed by atoms with van der Waals surface area (Å²) in [5.41, 5.74) is 2.77. The van der Waals surface area contributed by atoms with E-state index < -0.39 is 0 Å². The molecule has 0 aliphatic carbocycles. The first-order chi connectivity index (χ1) is 10.0. The number of hydrogen-bond acceptors (Lipinski definition) is 1. The quantitative estimate of drug-likeness (QED) is 0.816. The number of rotatable bonds is 5. The zero-order valence-electron chi connectivity index (χ0n) is 12.7. The average molecular weight is 289 g/mol. The van der Waals surface area contributed by atoms with Gasteiger partial charge in [-0.2, -0.15) is 0 Å². The minimum absolute atomic E-state index is 0.158. The van der Waals surface area contributed by atoms with Crippen LogP contribution in [0.5, 0.6) is 0 Å². The number of aryl methyl sites for hydroxylation is 1. The Morgan fingerprint density at radius 3 is 2.43 bits per heavy atom. The predicted molar refractivity (Wildman–Crippen MR) is 83.2 cm³/mol. The van der Waals surface area contributed by atoms with E-state index >= 15 is 0 Å². The van der Waals surface area contributed by atoms with E-state index in [4.69, 9.17) is 0 Å². The van der Waals surface area contributed by atoms with Crippen molar-refractivity contribution in [2.45, 2.75) is 33.2 Å². The molecule has 1 N–H and O–H groups in total. The van der Waals surface area contributed by atoms with Gasteiger partial charge in [0.05, 0.1) is 0 Å². The molecule has 1 unspecified atom stereocenters. The lowest BCUT2D eigenvalue weighted by Crippen LogP contribution is -2.19. The van der Waals surface area contributed by atoms with Gasteiger partial charge in [-0.25, -0.2) is 8.78 Å².